The fourth-order valence-electron chi connectivity index (χ4n) is 2.01. The molecular weight excluding hydrogens is 242 g/mol. The zero-order chi connectivity index (χ0) is 12.5. The lowest BCUT2D eigenvalue weighted by atomic mass is 10.1. The van der Waals surface area contributed by atoms with E-state index in [1.54, 1.807) is 11.3 Å². The SMILES string of the molecule is Cc1cc(-c2nc(CN)cs2)c2ccccc2n1. The van der Waals surface area contributed by atoms with Crippen molar-refractivity contribution in [3.8, 4) is 10.6 Å². The molecule has 0 aliphatic carbocycles. The Labute approximate surface area is 109 Å². The Hall–Kier alpha value is -1.78. The number of thiazole rings is 1. The second kappa shape index (κ2) is 4.48. The first-order valence-electron chi connectivity index (χ1n) is 5.79. The summed E-state index contributed by atoms with van der Waals surface area (Å²) >= 11 is 1.63. The summed E-state index contributed by atoms with van der Waals surface area (Å²) < 4.78 is 0. The molecule has 0 atom stereocenters. The Kier molecular flexibility index (Phi) is 2.81. The average molecular weight is 255 g/mol. The van der Waals surface area contributed by atoms with Gasteiger partial charge in [-0.2, -0.15) is 0 Å². The molecule has 0 spiro atoms. The van der Waals surface area contributed by atoms with E-state index in [1.807, 2.05) is 30.5 Å². The van der Waals surface area contributed by atoms with Crippen LogP contribution in [0.25, 0.3) is 21.5 Å². The lowest BCUT2D eigenvalue weighted by molar-refractivity contribution is 1.01. The van der Waals surface area contributed by atoms with E-state index in [0.717, 1.165) is 32.9 Å². The second-order valence-electron chi connectivity index (χ2n) is 4.18. The Morgan fingerprint density at radius 2 is 2.06 bits per heavy atom. The van der Waals surface area contributed by atoms with E-state index in [9.17, 15) is 0 Å². The molecule has 0 amide bonds. The Bertz CT molecular complexity index is 703. The van der Waals surface area contributed by atoms with E-state index >= 15 is 0 Å². The summed E-state index contributed by atoms with van der Waals surface area (Å²) in [6.45, 7) is 2.49. The van der Waals surface area contributed by atoms with Gasteiger partial charge in [-0.25, -0.2) is 4.98 Å². The molecule has 0 aliphatic rings. The molecular formula is C14H13N3S. The lowest BCUT2D eigenvalue weighted by Gasteiger charge is -2.04. The summed E-state index contributed by atoms with van der Waals surface area (Å²) in [6, 6.07) is 10.2. The van der Waals surface area contributed by atoms with Crippen LogP contribution in [-0.4, -0.2) is 9.97 Å². The number of benzene rings is 1. The lowest BCUT2D eigenvalue weighted by Crippen LogP contribution is -1.96. The summed E-state index contributed by atoms with van der Waals surface area (Å²) in [5.74, 6) is 0. The fourth-order valence-corrected chi connectivity index (χ4v) is 2.87. The second-order valence-corrected chi connectivity index (χ2v) is 5.03. The van der Waals surface area contributed by atoms with Gasteiger partial charge in [-0.1, -0.05) is 18.2 Å². The highest BCUT2D eigenvalue weighted by molar-refractivity contribution is 7.13. The molecule has 2 N–H and O–H groups in total. The van der Waals surface area contributed by atoms with Crippen molar-refractivity contribution in [1.82, 2.24) is 9.97 Å². The van der Waals surface area contributed by atoms with E-state index in [-0.39, 0.29) is 0 Å². The molecule has 0 radical (unpaired) electrons. The maximum absolute atomic E-state index is 5.62. The van der Waals surface area contributed by atoms with Crippen LogP contribution in [0.3, 0.4) is 0 Å². The van der Waals surface area contributed by atoms with Crippen LogP contribution in [0.4, 0.5) is 0 Å². The molecule has 0 aliphatic heterocycles. The molecule has 0 unspecified atom stereocenters. The number of rotatable bonds is 2. The van der Waals surface area contributed by atoms with Gasteiger partial charge in [-0.3, -0.25) is 4.98 Å². The predicted molar refractivity (Wildman–Crippen MR) is 75.5 cm³/mol. The van der Waals surface area contributed by atoms with Crippen LogP contribution in [0.5, 0.6) is 0 Å². The van der Waals surface area contributed by atoms with Gasteiger partial charge >= 0.3 is 0 Å². The summed E-state index contributed by atoms with van der Waals surface area (Å²) in [7, 11) is 0. The van der Waals surface area contributed by atoms with Crippen molar-refractivity contribution in [3.63, 3.8) is 0 Å². The standard InChI is InChI=1S/C14H13N3S/c1-9-6-12(14-17-10(7-15)8-18-14)11-4-2-3-5-13(11)16-9/h2-6,8H,7,15H2,1H3. The van der Waals surface area contributed by atoms with Crippen molar-refractivity contribution < 1.29 is 0 Å². The van der Waals surface area contributed by atoms with Crippen LogP contribution in [0, 0.1) is 6.92 Å². The first-order valence-corrected chi connectivity index (χ1v) is 6.67. The Morgan fingerprint density at radius 1 is 1.22 bits per heavy atom. The van der Waals surface area contributed by atoms with Crippen LogP contribution in [0.1, 0.15) is 11.4 Å². The minimum atomic E-state index is 0.485. The predicted octanol–water partition coefficient (Wildman–Crippen LogP) is 3.13. The van der Waals surface area contributed by atoms with Gasteiger partial charge in [-0.15, -0.1) is 11.3 Å². The van der Waals surface area contributed by atoms with E-state index in [1.165, 1.54) is 0 Å². The highest BCUT2D eigenvalue weighted by atomic mass is 32.1. The average Bonchev–Trinajstić information content (AvgIpc) is 2.86. The highest BCUT2D eigenvalue weighted by Crippen LogP contribution is 2.30. The van der Waals surface area contributed by atoms with Gasteiger partial charge in [0.15, 0.2) is 0 Å². The largest absolute Gasteiger partial charge is 0.325 e. The third-order valence-electron chi connectivity index (χ3n) is 2.84. The first-order chi connectivity index (χ1) is 8.78. The summed E-state index contributed by atoms with van der Waals surface area (Å²) in [5.41, 5.74) is 9.71. The molecule has 0 fully saturated rings. The third-order valence-corrected chi connectivity index (χ3v) is 3.76. The molecule has 90 valence electrons. The normalized spacial score (nSPS) is 11.0. The van der Waals surface area contributed by atoms with Crippen molar-refractivity contribution in [2.24, 2.45) is 5.73 Å². The quantitative estimate of drug-likeness (QED) is 0.765. The summed E-state index contributed by atoms with van der Waals surface area (Å²) in [4.78, 5) is 9.10. The van der Waals surface area contributed by atoms with Gasteiger partial charge < -0.3 is 5.73 Å². The van der Waals surface area contributed by atoms with Crippen LogP contribution in [0.2, 0.25) is 0 Å². The van der Waals surface area contributed by atoms with Gasteiger partial charge in [0.1, 0.15) is 5.01 Å². The van der Waals surface area contributed by atoms with E-state index in [0.29, 0.717) is 6.54 Å². The molecule has 1 aromatic carbocycles. The number of pyridine rings is 1. The van der Waals surface area contributed by atoms with Crippen LogP contribution in [-0.2, 0) is 6.54 Å². The number of aryl methyl sites for hydroxylation is 1. The fraction of sp³-hybridized carbons (Fsp3) is 0.143. The van der Waals surface area contributed by atoms with Crippen molar-refractivity contribution in [3.05, 3.63) is 47.1 Å². The topological polar surface area (TPSA) is 51.8 Å². The number of nitrogens with two attached hydrogens (primary N) is 1. The van der Waals surface area contributed by atoms with Gasteiger partial charge in [-0.05, 0) is 19.1 Å². The first kappa shape index (κ1) is 11.3. The minimum absolute atomic E-state index is 0.485. The Morgan fingerprint density at radius 3 is 2.83 bits per heavy atom. The zero-order valence-electron chi connectivity index (χ0n) is 10.1. The third kappa shape index (κ3) is 1.89. The van der Waals surface area contributed by atoms with Gasteiger partial charge in [0.05, 0.1) is 11.2 Å². The number of hydrogen-bond donors (Lipinski definition) is 1. The smallest absolute Gasteiger partial charge is 0.124 e. The van der Waals surface area contributed by atoms with E-state index in [4.69, 9.17) is 5.73 Å². The molecule has 3 aromatic rings. The molecule has 0 saturated heterocycles. The van der Waals surface area contributed by atoms with Crippen LogP contribution >= 0.6 is 11.3 Å². The molecule has 3 nitrogen and oxygen atoms in total. The summed E-state index contributed by atoms with van der Waals surface area (Å²) in [6.07, 6.45) is 0. The van der Waals surface area contributed by atoms with Crippen LogP contribution < -0.4 is 5.73 Å². The highest BCUT2D eigenvalue weighted by Gasteiger charge is 2.09. The molecule has 4 heteroatoms. The molecule has 2 heterocycles. The van der Waals surface area contributed by atoms with Crippen molar-refractivity contribution in [2.45, 2.75) is 13.5 Å². The minimum Gasteiger partial charge on any atom is -0.325 e. The molecule has 2 aromatic heterocycles. The van der Waals surface area contributed by atoms with E-state index in [2.05, 4.69) is 22.1 Å². The maximum Gasteiger partial charge on any atom is 0.124 e. The van der Waals surface area contributed by atoms with Crippen molar-refractivity contribution in [2.75, 3.05) is 0 Å². The molecule has 18 heavy (non-hydrogen) atoms. The number of hydrogen-bond acceptors (Lipinski definition) is 4. The molecule has 0 saturated carbocycles. The Balaban J connectivity index is 2.27. The van der Waals surface area contributed by atoms with E-state index < -0.39 is 0 Å². The molecule has 0 bridgehead atoms. The number of nitrogens with zero attached hydrogens (tertiary/aromatic N) is 2. The maximum atomic E-state index is 5.62. The monoisotopic (exact) mass is 255 g/mol. The van der Waals surface area contributed by atoms with Gasteiger partial charge in [0.2, 0.25) is 0 Å². The van der Waals surface area contributed by atoms with Crippen molar-refractivity contribution in [1.29, 1.82) is 0 Å². The van der Waals surface area contributed by atoms with Gasteiger partial charge in [0, 0.05) is 28.6 Å². The zero-order valence-corrected chi connectivity index (χ0v) is 10.9. The van der Waals surface area contributed by atoms with Crippen LogP contribution in [0.15, 0.2) is 35.7 Å². The number of para-hydroxylation sites is 1. The number of fused-ring (bicyclic) bond motifs is 1. The van der Waals surface area contributed by atoms with Crippen molar-refractivity contribution >= 4 is 22.2 Å². The molecule has 3 rings (SSSR count). The number of aromatic nitrogens is 2. The summed E-state index contributed by atoms with van der Waals surface area (Å²) in [5, 5.41) is 4.16. The van der Waals surface area contributed by atoms with Gasteiger partial charge in [0.25, 0.3) is 0 Å².